The lowest BCUT2D eigenvalue weighted by atomic mass is 9.79. The molecule has 0 heterocycles. The molecule has 0 spiro atoms. The fourth-order valence-corrected chi connectivity index (χ4v) is 4.16. The molecule has 0 aliphatic carbocycles. The molecule has 3 aromatic carbocycles. The number of ether oxygens (including phenoxy) is 1. The van der Waals surface area contributed by atoms with Crippen molar-refractivity contribution in [1.29, 1.82) is 0 Å². The van der Waals surface area contributed by atoms with E-state index in [0.717, 1.165) is 29.5 Å². The Bertz CT molecular complexity index is 762. The quantitative estimate of drug-likeness (QED) is 0.226. The molecule has 0 aromatic heterocycles. The van der Waals surface area contributed by atoms with Crippen LogP contribution >= 0.6 is 15.9 Å². The first-order chi connectivity index (χ1) is 14.3. The lowest BCUT2D eigenvalue weighted by Crippen LogP contribution is -2.36. The molecule has 1 atom stereocenters. The van der Waals surface area contributed by atoms with Gasteiger partial charge in [0.2, 0.25) is 0 Å². The van der Waals surface area contributed by atoms with E-state index in [1.54, 1.807) is 0 Å². The Kier molecular flexibility index (Phi) is 8.27. The Labute approximate surface area is 183 Å². The topological polar surface area (TPSA) is 9.23 Å². The highest BCUT2D eigenvalue weighted by molar-refractivity contribution is 9.11. The van der Waals surface area contributed by atoms with Gasteiger partial charge in [0.1, 0.15) is 5.60 Å². The molecule has 0 radical (unpaired) electrons. The summed E-state index contributed by atoms with van der Waals surface area (Å²) < 4.78 is 7.07. The first-order valence-electron chi connectivity index (χ1n) is 10.4. The molecule has 0 amide bonds. The largest absolute Gasteiger partial charge is 0.354 e. The molecular formula is C27H29BrO. The molecule has 0 bridgehead atoms. The first kappa shape index (κ1) is 21.5. The number of rotatable bonds is 10. The van der Waals surface area contributed by atoms with Crippen molar-refractivity contribution in [2.45, 2.75) is 44.3 Å². The maximum Gasteiger partial charge on any atom is 0.144 e. The predicted octanol–water partition coefficient (Wildman–Crippen LogP) is 7.85. The SMILES string of the molecule is CCCCCC(C=CBr)OC(c1ccccc1)(c1ccccc1)c1ccccc1. The molecular weight excluding hydrogens is 420 g/mol. The molecule has 0 N–H and O–H groups in total. The average molecular weight is 449 g/mol. The van der Waals surface area contributed by atoms with E-state index in [9.17, 15) is 0 Å². The third-order valence-electron chi connectivity index (χ3n) is 5.25. The molecule has 1 nitrogen and oxygen atoms in total. The van der Waals surface area contributed by atoms with Crippen LogP contribution in [0.1, 0.15) is 49.3 Å². The van der Waals surface area contributed by atoms with Crippen molar-refractivity contribution in [2.75, 3.05) is 0 Å². The van der Waals surface area contributed by atoms with E-state index in [4.69, 9.17) is 4.74 Å². The summed E-state index contributed by atoms with van der Waals surface area (Å²) in [5.74, 6) is 0. The number of halogens is 1. The maximum atomic E-state index is 7.07. The van der Waals surface area contributed by atoms with Gasteiger partial charge < -0.3 is 4.74 Å². The van der Waals surface area contributed by atoms with Gasteiger partial charge in [0.15, 0.2) is 0 Å². The van der Waals surface area contributed by atoms with Gasteiger partial charge in [-0.05, 0) is 34.2 Å². The van der Waals surface area contributed by atoms with Crippen LogP contribution in [0.3, 0.4) is 0 Å². The number of hydrogen-bond donors (Lipinski definition) is 0. The van der Waals surface area contributed by atoms with E-state index in [2.05, 4.69) is 120 Å². The van der Waals surface area contributed by atoms with Crippen molar-refractivity contribution >= 4 is 15.9 Å². The summed E-state index contributed by atoms with van der Waals surface area (Å²) in [5.41, 5.74) is 2.75. The molecule has 1 unspecified atom stereocenters. The van der Waals surface area contributed by atoms with Gasteiger partial charge in [-0.1, -0.05) is 133 Å². The zero-order chi connectivity index (χ0) is 20.4. The lowest BCUT2D eigenvalue weighted by molar-refractivity contribution is -0.0285. The summed E-state index contributed by atoms with van der Waals surface area (Å²) >= 11 is 3.47. The Morgan fingerprint density at radius 2 is 1.21 bits per heavy atom. The fourth-order valence-electron chi connectivity index (χ4n) is 3.82. The van der Waals surface area contributed by atoms with Gasteiger partial charge in [-0.3, -0.25) is 0 Å². The average Bonchev–Trinajstić information content (AvgIpc) is 2.79. The Morgan fingerprint density at radius 1 is 0.759 bits per heavy atom. The monoisotopic (exact) mass is 448 g/mol. The van der Waals surface area contributed by atoms with Crippen LogP contribution in [0.15, 0.2) is 102 Å². The van der Waals surface area contributed by atoms with Gasteiger partial charge in [-0.2, -0.15) is 0 Å². The highest BCUT2D eigenvalue weighted by Gasteiger charge is 2.39. The van der Waals surface area contributed by atoms with Gasteiger partial charge in [0.05, 0.1) is 6.10 Å². The third kappa shape index (κ3) is 5.26. The van der Waals surface area contributed by atoms with E-state index in [0.29, 0.717) is 0 Å². The van der Waals surface area contributed by atoms with Crippen LogP contribution in [-0.4, -0.2) is 6.10 Å². The van der Waals surface area contributed by atoms with Crippen LogP contribution in [0.5, 0.6) is 0 Å². The minimum absolute atomic E-state index is 0.00143. The Morgan fingerprint density at radius 3 is 1.59 bits per heavy atom. The fraction of sp³-hybridized carbons (Fsp3) is 0.259. The molecule has 0 saturated carbocycles. The second kappa shape index (κ2) is 11.1. The summed E-state index contributed by atoms with van der Waals surface area (Å²) in [6, 6.07) is 31.7. The second-order valence-electron chi connectivity index (χ2n) is 7.25. The minimum Gasteiger partial charge on any atom is -0.354 e. The van der Waals surface area contributed by atoms with Crippen LogP contribution < -0.4 is 0 Å². The smallest absolute Gasteiger partial charge is 0.144 e. The van der Waals surface area contributed by atoms with Crippen molar-refractivity contribution in [1.82, 2.24) is 0 Å². The molecule has 3 rings (SSSR count). The van der Waals surface area contributed by atoms with Gasteiger partial charge in [-0.25, -0.2) is 0 Å². The lowest BCUT2D eigenvalue weighted by Gasteiger charge is -2.38. The van der Waals surface area contributed by atoms with E-state index in [1.807, 2.05) is 4.99 Å². The molecule has 3 aromatic rings. The molecule has 0 fully saturated rings. The Hall–Kier alpha value is -2.16. The number of benzene rings is 3. The minimum atomic E-state index is -0.673. The zero-order valence-corrected chi connectivity index (χ0v) is 18.6. The first-order valence-corrected chi connectivity index (χ1v) is 11.3. The Balaban J connectivity index is 2.16. The van der Waals surface area contributed by atoms with Crippen LogP contribution in [0.4, 0.5) is 0 Å². The second-order valence-corrected chi connectivity index (χ2v) is 7.78. The summed E-state index contributed by atoms with van der Waals surface area (Å²) in [6.45, 7) is 2.23. The molecule has 0 saturated heterocycles. The van der Waals surface area contributed by atoms with E-state index in [-0.39, 0.29) is 6.10 Å². The van der Waals surface area contributed by atoms with E-state index < -0.39 is 5.60 Å². The standard InChI is InChI=1S/C27H29BrO/c1-2-3-7-20-26(21-22-28)29-27(23-14-8-4-9-15-23,24-16-10-5-11-17-24)25-18-12-6-13-19-25/h4-6,8-19,21-22,26H,2-3,7,20H2,1H3. The van der Waals surface area contributed by atoms with Crippen LogP contribution in [0.25, 0.3) is 0 Å². The summed E-state index contributed by atoms with van der Waals surface area (Å²) in [7, 11) is 0. The molecule has 0 aliphatic heterocycles. The highest BCUT2D eigenvalue weighted by Crippen LogP contribution is 2.42. The van der Waals surface area contributed by atoms with Crippen molar-refractivity contribution in [2.24, 2.45) is 0 Å². The maximum absolute atomic E-state index is 7.07. The molecule has 2 heteroatoms. The molecule has 29 heavy (non-hydrogen) atoms. The molecule has 0 aliphatic rings. The third-order valence-corrected chi connectivity index (χ3v) is 5.55. The zero-order valence-electron chi connectivity index (χ0n) is 17.0. The van der Waals surface area contributed by atoms with E-state index in [1.165, 1.54) is 12.8 Å². The van der Waals surface area contributed by atoms with Crippen molar-refractivity contribution in [3.05, 3.63) is 119 Å². The number of unbranched alkanes of at least 4 members (excludes halogenated alkanes) is 2. The predicted molar refractivity (Wildman–Crippen MR) is 126 cm³/mol. The summed E-state index contributed by atoms with van der Waals surface area (Å²) in [4.78, 5) is 1.93. The van der Waals surface area contributed by atoms with Gasteiger partial charge >= 0.3 is 0 Å². The normalized spacial score (nSPS) is 12.9. The summed E-state index contributed by atoms with van der Waals surface area (Å²) in [6.07, 6.45) is 6.68. The van der Waals surface area contributed by atoms with Crippen LogP contribution in [0, 0.1) is 0 Å². The van der Waals surface area contributed by atoms with Crippen LogP contribution in [-0.2, 0) is 10.3 Å². The summed E-state index contributed by atoms with van der Waals surface area (Å²) in [5, 5.41) is 0. The van der Waals surface area contributed by atoms with Gasteiger partial charge in [-0.15, -0.1) is 0 Å². The van der Waals surface area contributed by atoms with Crippen molar-refractivity contribution in [3.8, 4) is 0 Å². The molecule has 150 valence electrons. The highest BCUT2D eigenvalue weighted by atomic mass is 79.9. The van der Waals surface area contributed by atoms with Crippen molar-refractivity contribution < 1.29 is 4.74 Å². The van der Waals surface area contributed by atoms with Crippen molar-refractivity contribution in [3.63, 3.8) is 0 Å². The van der Waals surface area contributed by atoms with Gasteiger partial charge in [0, 0.05) is 0 Å². The number of hydrogen-bond acceptors (Lipinski definition) is 1. The van der Waals surface area contributed by atoms with Gasteiger partial charge in [0.25, 0.3) is 0 Å². The van der Waals surface area contributed by atoms with Crippen LogP contribution in [0.2, 0.25) is 0 Å². The van der Waals surface area contributed by atoms with E-state index >= 15 is 0 Å².